The Balaban J connectivity index is 3.36. The third kappa shape index (κ3) is 1.78. The van der Waals surface area contributed by atoms with Gasteiger partial charge >= 0.3 is 0 Å². The van der Waals surface area contributed by atoms with Gasteiger partial charge in [-0.15, -0.1) is 0 Å². The maximum Gasteiger partial charge on any atom is 0.110 e. The molecule has 2 heteroatoms. The van der Waals surface area contributed by atoms with Gasteiger partial charge in [0.2, 0.25) is 0 Å². The van der Waals surface area contributed by atoms with Gasteiger partial charge in [0.15, 0.2) is 0 Å². The molecule has 0 fully saturated rings. The van der Waals surface area contributed by atoms with Gasteiger partial charge in [0.25, 0.3) is 0 Å². The van der Waals surface area contributed by atoms with Crippen molar-refractivity contribution in [3.05, 3.63) is 29.3 Å². The molecule has 1 rings (SSSR count). The number of aryl methyl sites for hydroxylation is 1. The molecule has 0 saturated heterocycles. The molecule has 0 heterocycles. The van der Waals surface area contributed by atoms with E-state index in [4.69, 9.17) is 0 Å². The van der Waals surface area contributed by atoms with Crippen molar-refractivity contribution in [1.29, 1.82) is 0 Å². The molecule has 0 saturated carbocycles. The summed E-state index contributed by atoms with van der Waals surface area (Å²) in [7, 11) is -2.08. The van der Waals surface area contributed by atoms with E-state index in [-0.39, 0.29) is 0 Å². The molecule has 0 spiro atoms. The summed E-state index contributed by atoms with van der Waals surface area (Å²) in [4.78, 5) is 0. The normalized spacial score (nSPS) is 11.7. The molecule has 1 aromatic carbocycles. The summed E-state index contributed by atoms with van der Waals surface area (Å²) < 4.78 is 11.8. The molecule has 1 nitrogen and oxygen atoms in total. The number of hydrogen-bond acceptors (Lipinski definition) is 1. The zero-order valence-corrected chi connectivity index (χ0v) is 8.98. The third-order valence-corrected chi connectivity index (χ3v) is 3.80. The van der Waals surface area contributed by atoms with Crippen LogP contribution in [0.5, 0.6) is 0 Å². The van der Waals surface area contributed by atoms with Crippen LogP contribution in [0.25, 0.3) is 0 Å². The van der Waals surface area contributed by atoms with Crippen molar-refractivity contribution in [2.75, 3.05) is 13.3 Å². The van der Waals surface area contributed by atoms with E-state index in [1.165, 1.54) is 11.1 Å². The molecule has 0 bridgehead atoms. The van der Waals surface area contributed by atoms with Gasteiger partial charge < -0.3 is 4.57 Å². The van der Waals surface area contributed by atoms with Crippen LogP contribution in [-0.4, -0.2) is 13.3 Å². The minimum atomic E-state index is -2.08. The molecule has 0 atom stereocenters. The summed E-state index contributed by atoms with van der Waals surface area (Å²) in [6.45, 7) is 7.71. The van der Waals surface area contributed by atoms with Crippen LogP contribution < -0.4 is 5.30 Å². The first kappa shape index (κ1) is 9.54. The fourth-order valence-electron chi connectivity index (χ4n) is 1.32. The molecule has 0 radical (unpaired) electrons. The third-order valence-electron chi connectivity index (χ3n) is 2.16. The lowest BCUT2D eigenvalue weighted by atomic mass is 10.1. The fraction of sp³-hybridized carbons (Fsp3) is 0.400. The first-order valence-electron chi connectivity index (χ1n) is 4.04. The Labute approximate surface area is 74.2 Å². The molecule has 0 unspecified atom stereocenters. The molecule has 12 heavy (non-hydrogen) atoms. The summed E-state index contributed by atoms with van der Waals surface area (Å²) in [5, 5.41) is 1.02. The van der Waals surface area contributed by atoms with Crippen molar-refractivity contribution in [3.8, 4) is 0 Å². The minimum Gasteiger partial charge on any atom is -0.319 e. The quantitative estimate of drug-likeness (QED) is 0.610. The van der Waals surface area contributed by atoms with Gasteiger partial charge in [0.05, 0.1) is 0 Å². The Morgan fingerprint density at radius 3 is 2.17 bits per heavy atom. The smallest absolute Gasteiger partial charge is 0.110 e. The van der Waals surface area contributed by atoms with Gasteiger partial charge in [-0.1, -0.05) is 18.2 Å². The summed E-state index contributed by atoms with van der Waals surface area (Å²) in [5.41, 5.74) is 2.39. The van der Waals surface area contributed by atoms with Crippen LogP contribution in [0.2, 0.25) is 0 Å². The lowest BCUT2D eigenvalue weighted by Crippen LogP contribution is -2.08. The molecule has 0 amide bonds. The van der Waals surface area contributed by atoms with Crippen LogP contribution in [0.4, 0.5) is 0 Å². The molecule has 1 aromatic rings. The van der Waals surface area contributed by atoms with Gasteiger partial charge in [-0.05, 0) is 38.3 Å². The van der Waals surface area contributed by atoms with Crippen LogP contribution in [0.1, 0.15) is 11.1 Å². The average Bonchev–Trinajstić information content (AvgIpc) is 1.92. The molecular weight excluding hydrogens is 167 g/mol. The highest BCUT2D eigenvalue weighted by molar-refractivity contribution is 7.70. The zero-order chi connectivity index (χ0) is 9.35. The Bertz CT molecular complexity index is 336. The van der Waals surface area contributed by atoms with E-state index in [1.54, 1.807) is 0 Å². The predicted molar refractivity (Wildman–Crippen MR) is 55.0 cm³/mol. The predicted octanol–water partition coefficient (Wildman–Crippen LogP) is 2.55. The van der Waals surface area contributed by atoms with E-state index in [2.05, 4.69) is 13.0 Å². The molecular formula is C10H15OP. The molecule has 0 aliphatic heterocycles. The van der Waals surface area contributed by atoms with Crippen LogP contribution in [0.15, 0.2) is 18.2 Å². The van der Waals surface area contributed by atoms with E-state index in [0.29, 0.717) is 0 Å². The SMILES string of the molecule is Cc1cccc(P(C)(C)=O)c1C. The maximum absolute atomic E-state index is 11.8. The summed E-state index contributed by atoms with van der Waals surface area (Å²) in [5.74, 6) is 0. The van der Waals surface area contributed by atoms with Gasteiger partial charge in [-0.25, -0.2) is 0 Å². The van der Waals surface area contributed by atoms with Crippen LogP contribution >= 0.6 is 7.14 Å². The first-order valence-corrected chi connectivity index (χ1v) is 6.65. The monoisotopic (exact) mass is 182 g/mol. The molecule has 0 N–H and O–H groups in total. The summed E-state index contributed by atoms with van der Waals surface area (Å²) in [6, 6.07) is 5.98. The number of rotatable bonds is 1. The van der Waals surface area contributed by atoms with Gasteiger partial charge in [0.1, 0.15) is 7.14 Å². The fourth-order valence-corrected chi connectivity index (χ4v) is 2.75. The van der Waals surface area contributed by atoms with Gasteiger partial charge in [-0.3, -0.25) is 0 Å². The topological polar surface area (TPSA) is 17.1 Å². The number of benzene rings is 1. The van der Waals surface area contributed by atoms with Crippen molar-refractivity contribution in [1.82, 2.24) is 0 Å². The second-order valence-corrected chi connectivity index (χ2v) is 6.75. The Morgan fingerprint density at radius 1 is 1.17 bits per heavy atom. The van der Waals surface area contributed by atoms with Crippen molar-refractivity contribution in [3.63, 3.8) is 0 Å². The highest BCUT2D eigenvalue weighted by Gasteiger charge is 2.13. The van der Waals surface area contributed by atoms with Gasteiger partial charge in [-0.2, -0.15) is 0 Å². The number of hydrogen-bond donors (Lipinski definition) is 0. The van der Waals surface area contributed by atoms with E-state index in [0.717, 1.165) is 5.30 Å². The van der Waals surface area contributed by atoms with E-state index in [9.17, 15) is 4.57 Å². The highest BCUT2D eigenvalue weighted by Crippen LogP contribution is 2.36. The standard InChI is InChI=1S/C10H15OP/c1-8-6-5-7-10(9(8)2)12(3,4)11/h5-7H,1-4H3. The van der Waals surface area contributed by atoms with Crippen molar-refractivity contribution in [2.24, 2.45) is 0 Å². The average molecular weight is 182 g/mol. The van der Waals surface area contributed by atoms with Crippen molar-refractivity contribution >= 4 is 12.4 Å². The maximum atomic E-state index is 11.8. The van der Waals surface area contributed by atoms with Crippen LogP contribution in [0.3, 0.4) is 0 Å². The van der Waals surface area contributed by atoms with Gasteiger partial charge in [0, 0.05) is 5.30 Å². The Hall–Kier alpha value is -0.550. The van der Waals surface area contributed by atoms with Crippen LogP contribution in [0, 0.1) is 13.8 Å². The van der Waals surface area contributed by atoms with Crippen molar-refractivity contribution in [2.45, 2.75) is 13.8 Å². The highest BCUT2D eigenvalue weighted by atomic mass is 31.2. The minimum absolute atomic E-state index is 1.02. The van der Waals surface area contributed by atoms with Crippen LogP contribution in [-0.2, 0) is 4.57 Å². The second kappa shape index (κ2) is 3.06. The summed E-state index contributed by atoms with van der Waals surface area (Å²) >= 11 is 0. The molecule has 0 aromatic heterocycles. The molecule has 0 aliphatic rings. The van der Waals surface area contributed by atoms with E-state index < -0.39 is 7.14 Å². The molecule has 66 valence electrons. The van der Waals surface area contributed by atoms with Crippen molar-refractivity contribution < 1.29 is 4.57 Å². The van der Waals surface area contributed by atoms with E-state index in [1.807, 2.05) is 32.4 Å². The first-order chi connectivity index (χ1) is 5.43. The van der Waals surface area contributed by atoms with E-state index >= 15 is 0 Å². The largest absolute Gasteiger partial charge is 0.319 e. The Kier molecular flexibility index (Phi) is 2.44. The summed E-state index contributed by atoms with van der Waals surface area (Å²) in [6.07, 6.45) is 0. The second-order valence-electron chi connectivity index (χ2n) is 3.57. The molecule has 0 aliphatic carbocycles. The Morgan fingerprint density at radius 2 is 1.75 bits per heavy atom. The lowest BCUT2D eigenvalue weighted by Gasteiger charge is -2.11. The lowest BCUT2D eigenvalue weighted by molar-refractivity contribution is 0.588. The zero-order valence-electron chi connectivity index (χ0n) is 8.09.